The molecule has 0 spiro atoms. The summed E-state index contributed by atoms with van der Waals surface area (Å²) in [6, 6.07) is 0. The maximum Gasteiger partial charge on any atom is 0.359 e. The van der Waals surface area contributed by atoms with Crippen molar-refractivity contribution >= 4 is 27.6 Å². The van der Waals surface area contributed by atoms with Gasteiger partial charge in [0.2, 0.25) is 0 Å². The lowest BCUT2D eigenvalue weighted by molar-refractivity contribution is 0.478. The second-order valence-electron chi connectivity index (χ2n) is 0.941. The molecule has 0 bridgehead atoms. The number of nitrogens with one attached hydrogen (secondary N) is 1. The van der Waals surface area contributed by atoms with Gasteiger partial charge in [-0.15, -0.1) is 0 Å². The van der Waals surface area contributed by atoms with Gasteiger partial charge >= 0.3 is 10.3 Å². The molecule has 8 heavy (non-hydrogen) atoms. The van der Waals surface area contributed by atoms with Crippen LogP contribution in [0.5, 0.6) is 0 Å². The fourth-order valence-corrected chi connectivity index (χ4v) is 0.697. The molecule has 4 N–H and O–H groups in total. The summed E-state index contributed by atoms with van der Waals surface area (Å²) < 4.78 is 28.7. The zero-order valence-electron chi connectivity index (χ0n) is 3.66. The molecule has 0 radical (unpaired) electrons. The minimum absolute atomic E-state index is 0.479. The van der Waals surface area contributed by atoms with Crippen molar-refractivity contribution in [3.8, 4) is 0 Å². The highest BCUT2D eigenvalue weighted by atomic mass is 32.2. The lowest BCUT2D eigenvalue weighted by Crippen LogP contribution is -2.33. The first-order valence-electron chi connectivity index (χ1n) is 1.46. The van der Waals surface area contributed by atoms with E-state index in [-0.39, 0.29) is 0 Å². The van der Waals surface area contributed by atoms with Gasteiger partial charge in [-0.1, -0.05) is 0 Å². The van der Waals surface area contributed by atoms with Crippen LogP contribution in [0.4, 0.5) is 0 Å². The Morgan fingerprint density at radius 1 is 1.75 bits per heavy atom. The molecule has 0 fully saturated rings. The lowest BCUT2D eigenvalue weighted by Gasteiger charge is -1.94. The van der Waals surface area contributed by atoms with E-state index >= 15 is 0 Å². The maximum atomic E-state index is 9.72. The topological polar surface area (TPSA) is 92.4 Å². The fourth-order valence-electron chi connectivity index (χ4n) is 0.127. The monoisotopic (exact) mass is 156 g/mol. The molecule has 0 aromatic heterocycles. The molecule has 0 aliphatic heterocycles. The second-order valence-corrected chi connectivity index (χ2v) is 2.54. The Morgan fingerprint density at radius 3 is 2.12 bits per heavy atom. The van der Waals surface area contributed by atoms with Crippen LogP contribution >= 0.6 is 12.2 Å². The van der Waals surface area contributed by atoms with Crippen molar-refractivity contribution < 1.29 is 13.0 Å². The summed E-state index contributed by atoms with van der Waals surface area (Å²) in [4.78, 5) is 0. The van der Waals surface area contributed by atoms with Crippen LogP contribution < -0.4 is 10.5 Å². The highest BCUT2D eigenvalue weighted by molar-refractivity contribution is 7.87. The molecule has 0 saturated carbocycles. The van der Waals surface area contributed by atoms with Crippen LogP contribution in [0.1, 0.15) is 0 Å². The van der Waals surface area contributed by atoms with Gasteiger partial charge in [0.25, 0.3) is 0 Å². The summed E-state index contributed by atoms with van der Waals surface area (Å²) in [6.07, 6.45) is 0. The van der Waals surface area contributed by atoms with E-state index in [0.717, 1.165) is 0 Å². The van der Waals surface area contributed by atoms with E-state index in [1.807, 2.05) is 0 Å². The number of hydrogen-bond acceptors (Lipinski definition) is 3. The van der Waals surface area contributed by atoms with Crippen molar-refractivity contribution in [3.63, 3.8) is 0 Å². The molecule has 0 unspecified atom stereocenters. The summed E-state index contributed by atoms with van der Waals surface area (Å²) in [6.45, 7) is 0. The number of rotatable bonds is 1. The van der Waals surface area contributed by atoms with Crippen molar-refractivity contribution in [2.45, 2.75) is 0 Å². The molecule has 0 saturated heterocycles. The predicted octanol–water partition coefficient (Wildman–Crippen LogP) is -1.38. The molecule has 5 nitrogen and oxygen atoms in total. The number of nitrogens with two attached hydrogens (primary N) is 1. The Hall–Kier alpha value is -0.400. The Labute approximate surface area is 51.8 Å². The largest absolute Gasteiger partial charge is 0.375 e. The van der Waals surface area contributed by atoms with Crippen LogP contribution in [0, 0.1) is 0 Å². The van der Waals surface area contributed by atoms with Gasteiger partial charge in [0.1, 0.15) is 0 Å². The number of thiocarbonyl (C=S) groups is 1. The van der Waals surface area contributed by atoms with E-state index in [2.05, 4.69) is 18.0 Å². The van der Waals surface area contributed by atoms with Crippen LogP contribution in [-0.4, -0.2) is 18.1 Å². The van der Waals surface area contributed by atoms with Gasteiger partial charge in [-0.25, -0.2) is 4.72 Å². The van der Waals surface area contributed by atoms with Crippen molar-refractivity contribution in [3.05, 3.63) is 0 Å². The molecule has 0 heterocycles. The van der Waals surface area contributed by atoms with Gasteiger partial charge in [-0.2, -0.15) is 8.42 Å². The highest BCUT2D eigenvalue weighted by Crippen LogP contribution is 1.68. The molecule has 0 atom stereocenters. The first-order chi connectivity index (χ1) is 3.42. The molecule has 0 aliphatic carbocycles. The molecule has 0 aromatic carbocycles. The lowest BCUT2D eigenvalue weighted by atomic mass is 11.3. The van der Waals surface area contributed by atoms with Gasteiger partial charge in [-0.3, -0.25) is 4.55 Å². The van der Waals surface area contributed by atoms with E-state index in [4.69, 9.17) is 4.55 Å². The van der Waals surface area contributed by atoms with Gasteiger partial charge in [0.15, 0.2) is 5.11 Å². The molecule has 0 aliphatic rings. The Bertz CT molecular complexity index is 181. The van der Waals surface area contributed by atoms with Crippen LogP contribution in [-0.2, 0) is 10.3 Å². The summed E-state index contributed by atoms with van der Waals surface area (Å²) in [5.41, 5.74) is 4.66. The minimum atomic E-state index is -4.24. The van der Waals surface area contributed by atoms with E-state index < -0.39 is 15.4 Å². The van der Waals surface area contributed by atoms with E-state index in [1.54, 1.807) is 0 Å². The fraction of sp³-hybridized carbons (Fsp3) is 0. The average molecular weight is 156 g/mol. The van der Waals surface area contributed by atoms with E-state index in [0.29, 0.717) is 0 Å². The average Bonchev–Trinajstić information content (AvgIpc) is 1.21. The normalized spacial score (nSPS) is 10.6. The molecule has 0 aromatic rings. The zero-order valence-corrected chi connectivity index (χ0v) is 5.29. The van der Waals surface area contributed by atoms with E-state index in [1.165, 1.54) is 4.72 Å². The molecule has 0 rings (SSSR count). The van der Waals surface area contributed by atoms with Crippen LogP contribution in [0.3, 0.4) is 0 Å². The smallest absolute Gasteiger partial charge is 0.359 e. The third-order valence-corrected chi connectivity index (χ3v) is 0.939. The summed E-state index contributed by atoms with van der Waals surface area (Å²) >= 11 is 4.07. The molecular formula is CH4N2O3S2. The first-order valence-corrected chi connectivity index (χ1v) is 3.31. The van der Waals surface area contributed by atoms with Gasteiger partial charge in [-0.05, 0) is 12.2 Å². The van der Waals surface area contributed by atoms with Crippen LogP contribution in [0.25, 0.3) is 0 Å². The Kier molecular flexibility index (Phi) is 2.13. The summed E-state index contributed by atoms with van der Waals surface area (Å²) in [7, 11) is -4.24. The predicted molar refractivity (Wildman–Crippen MR) is 31.5 cm³/mol. The molecule has 0 amide bonds. The second kappa shape index (κ2) is 2.25. The SMILES string of the molecule is NC(=S)NS(=O)(=O)O. The van der Waals surface area contributed by atoms with Crippen LogP contribution in [0.2, 0.25) is 0 Å². The van der Waals surface area contributed by atoms with Crippen molar-refractivity contribution in [2.24, 2.45) is 5.73 Å². The maximum absolute atomic E-state index is 9.72. The zero-order chi connectivity index (χ0) is 6.78. The number of hydrogen-bond donors (Lipinski definition) is 3. The molecule has 7 heteroatoms. The van der Waals surface area contributed by atoms with Crippen molar-refractivity contribution in [1.29, 1.82) is 0 Å². The van der Waals surface area contributed by atoms with Crippen molar-refractivity contribution in [1.82, 2.24) is 4.72 Å². The third-order valence-electron chi connectivity index (χ3n) is 0.230. The third kappa shape index (κ3) is 5.60. The van der Waals surface area contributed by atoms with Crippen molar-refractivity contribution in [2.75, 3.05) is 0 Å². The van der Waals surface area contributed by atoms with Gasteiger partial charge < -0.3 is 5.73 Å². The summed E-state index contributed by atoms with van der Waals surface area (Å²) in [5, 5.41) is -0.479. The highest BCUT2D eigenvalue weighted by Gasteiger charge is 2.00. The quantitative estimate of drug-likeness (QED) is 0.321. The van der Waals surface area contributed by atoms with Crippen LogP contribution in [0.15, 0.2) is 0 Å². The van der Waals surface area contributed by atoms with Gasteiger partial charge in [0, 0.05) is 0 Å². The van der Waals surface area contributed by atoms with E-state index in [9.17, 15) is 8.42 Å². The van der Waals surface area contributed by atoms with Gasteiger partial charge in [0.05, 0.1) is 0 Å². The Morgan fingerprint density at radius 2 is 2.12 bits per heavy atom. The molecular weight excluding hydrogens is 152 g/mol. The first kappa shape index (κ1) is 7.60. The standard InChI is InChI=1S/CH4N2O3S2/c2-1(7)3-8(4,5)6/h(H3,2,3,7)(H,4,5,6). The minimum Gasteiger partial charge on any atom is -0.375 e. The molecule has 48 valence electrons. The summed E-state index contributed by atoms with van der Waals surface area (Å²) in [5.74, 6) is 0. The Balaban J connectivity index is 3.95.